The standard InChI is InChI=1S/C18H30N4S2/c1-3-15-14-22(10-12-23-15)18(19-2)20-13-16(17-7-6-11-24-17)21-8-4-5-9-21/h6-7,11,15-16H,3-5,8-10,12-14H2,1-2H3,(H,19,20). The second-order valence-electron chi connectivity index (χ2n) is 6.55. The van der Waals surface area contributed by atoms with Crippen molar-refractivity contribution in [1.82, 2.24) is 15.1 Å². The van der Waals surface area contributed by atoms with Crippen molar-refractivity contribution in [3.8, 4) is 0 Å². The van der Waals surface area contributed by atoms with Crippen molar-refractivity contribution in [3.05, 3.63) is 22.4 Å². The number of thiophene rings is 1. The van der Waals surface area contributed by atoms with Crippen LogP contribution >= 0.6 is 23.1 Å². The van der Waals surface area contributed by atoms with Gasteiger partial charge in [-0.05, 0) is 43.8 Å². The van der Waals surface area contributed by atoms with Crippen molar-refractivity contribution < 1.29 is 0 Å². The van der Waals surface area contributed by atoms with E-state index in [1.54, 1.807) is 0 Å². The number of thioether (sulfide) groups is 1. The fraction of sp³-hybridized carbons (Fsp3) is 0.722. The van der Waals surface area contributed by atoms with Gasteiger partial charge in [-0.2, -0.15) is 11.8 Å². The molecule has 134 valence electrons. The molecule has 0 spiro atoms. The van der Waals surface area contributed by atoms with Crippen molar-refractivity contribution in [2.45, 2.75) is 37.5 Å². The Bertz CT molecular complexity index is 511. The fourth-order valence-electron chi connectivity index (χ4n) is 3.62. The van der Waals surface area contributed by atoms with E-state index >= 15 is 0 Å². The number of nitrogens with one attached hydrogen (secondary N) is 1. The van der Waals surface area contributed by atoms with Gasteiger partial charge < -0.3 is 10.2 Å². The molecule has 2 aliphatic rings. The monoisotopic (exact) mass is 366 g/mol. The molecule has 6 heteroatoms. The quantitative estimate of drug-likeness (QED) is 0.640. The van der Waals surface area contributed by atoms with E-state index in [9.17, 15) is 0 Å². The van der Waals surface area contributed by atoms with Crippen LogP contribution in [0.5, 0.6) is 0 Å². The molecule has 2 unspecified atom stereocenters. The van der Waals surface area contributed by atoms with Crippen LogP contribution in [0.25, 0.3) is 0 Å². The Kier molecular flexibility index (Phi) is 6.86. The number of hydrogen-bond acceptors (Lipinski definition) is 4. The fourth-order valence-corrected chi connectivity index (χ4v) is 5.66. The number of rotatable bonds is 5. The van der Waals surface area contributed by atoms with E-state index in [0.717, 1.165) is 30.8 Å². The first-order valence-corrected chi connectivity index (χ1v) is 11.1. The molecule has 1 aromatic heterocycles. The van der Waals surface area contributed by atoms with Crippen LogP contribution in [-0.2, 0) is 0 Å². The maximum atomic E-state index is 4.57. The smallest absolute Gasteiger partial charge is 0.193 e. The number of guanidine groups is 1. The summed E-state index contributed by atoms with van der Waals surface area (Å²) in [4.78, 5) is 11.1. The normalized spacial score (nSPS) is 24.3. The average Bonchev–Trinajstić information content (AvgIpc) is 3.33. The predicted molar refractivity (Wildman–Crippen MR) is 107 cm³/mol. The van der Waals surface area contributed by atoms with Gasteiger partial charge in [0, 0.05) is 42.6 Å². The zero-order valence-electron chi connectivity index (χ0n) is 14.9. The molecule has 0 radical (unpaired) electrons. The van der Waals surface area contributed by atoms with Gasteiger partial charge in [-0.25, -0.2) is 0 Å². The van der Waals surface area contributed by atoms with Crippen LogP contribution in [0, 0.1) is 0 Å². The Morgan fingerprint density at radius 2 is 2.21 bits per heavy atom. The molecule has 4 nitrogen and oxygen atoms in total. The van der Waals surface area contributed by atoms with E-state index in [0.29, 0.717) is 6.04 Å². The molecule has 2 fully saturated rings. The Hall–Kier alpha value is -0.720. The number of aliphatic imine (C=N–C) groups is 1. The first-order valence-electron chi connectivity index (χ1n) is 9.16. The van der Waals surface area contributed by atoms with Crippen molar-refractivity contribution in [3.63, 3.8) is 0 Å². The summed E-state index contributed by atoms with van der Waals surface area (Å²) in [7, 11) is 1.92. The third kappa shape index (κ3) is 4.46. The molecule has 0 bridgehead atoms. The second-order valence-corrected chi connectivity index (χ2v) is 8.94. The highest BCUT2D eigenvalue weighted by Crippen LogP contribution is 2.28. The van der Waals surface area contributed by atoms with E-state index in [4.69, 9.17) is 0 Å². The molecule has 0 aliphatic carbocycles. The maximum absolute atomic E-state index is 4.57. The molecular weight excluding hydrogens is 336 g/mol. The second kappa shape index (κ2) is 9.11. The average molecular weight is 367 g/mol. The van der Waals surface area contributed by atoms with Gasteiger partial charge in [0.1, 0.15) is 0 Å². The molecule has 24 heavy (non-hydrogen) atoms. The van der Waals surface area contributed by atoms with Crippen LogP contribution in [0.4, 0.5) is 0 Å². The predicted octanol–water partition coefficient (Wildman–Crippen LogP) is 3.29. The molecule has 1 aromatic rings. The highest BCUT2D eigenvalue weighted by atomic mass is 32.2. The summed E-state index contributed by atoms with van der Waals surface area (Å²) in [5.41, 5.74) is 0. The van der Waals surface area contributed by atoms with Crippen molar-refractivity contribution in [2.75, 3.05) is 45.5 Å². The SMILES string of the molecule is CCC1CN(C(=NC)NCC(c2cccs2)N2CCCC2)CCS1. The minimum absolute atomic E-state index is 0.477. The first-order chi connectivity index (χ1) is 11.8. The Labute approximate surface area is 154 Å². The lowest BCUT2D eigenvalue weighted by atomic mass is 10.2. The first kappa shape index (κ1) is 18.1. The zero-order chi connectivity index (χ0) is 16.8. The summed E-state index contributed by atoms with van der Waals surface area (Å²) >= 11 is 3.98. The van der Waals surface area contributed by atoms with Crippen LogP contribution in [0.2, 0.25) is 0 Å². The maximum Gasteiger partial charge on any atom is 0.193 e. The summed E-state index contributed by atoms with van der Waals surface area (Å²) < 4.78 is 0. The summed E-state index contributed by atoms with van der Waals surface area (Å²) in [6, 6.07) is 4.93. The molecule has 2 saturated heterocycles. The molecule has 3 rings (SSSR count). The highest BCUT2D eigenvalue weighted by molar-refractivity contribution is 8.00. The third-order valence-electron chi connectivity index (χ3n) is 5.01. The van der Waals surface area contributed by atoms with Crippen LogP contribution in [0.1, 0.15) is 37.1 Å². The van der Waals surface area contributed by atoms with E-state index < -0.39 is 0 Å². The largest absolute Gasteiger partial charge is 0.354 e. The number of nitrogens with zero attached hydrogens (tertiary/aromatic N) is 3. The van der Waals surface area contributed by atoms with Crippen molar-refractivity contribution >= 4 is 29.1 Å². The number of likely N-dealkylation sites (tertiary alicyclic amines) is 1. The van der Waals surface area contributed by atoms with Gasteiger partial charge in [-0.3, -0.25) is 9.89 Å². The molecule has 3 heterocycles. The molecule has 0 amide bonds. The van der Waals surface area contributed by atoms with E-state index in [-0.39, 0.29) is 0 Å². The summed E-state index contributed by atoms with van der Waals surface area (Å²) in [6.45, 7) is 7.91. The lowest BCUT2D eigenvalue weighted by Gasteiger charge is -2.35. The van der Waals surface area contributed by atoms with Crippen LogP contribution in [-0.4, -0.2) is 66.5 Å². The van der Waals surface area contributed by atoms with Gasteiger partial charge in [0.25, 0.3) is 0 Å². The topological polar surface area (TPSA) is 30.9 Å². The zero-order valence-corrected chi connectivity index (χ0v) is 16.5. The van der Waals surface area contributed by atoms with Gasteiger partial charge in [-0.15, -0.1) is 11.3 Å². The van der Waals surface area contributed by atoms with Crippen LogP contribution in [0.15, 0.2) is 22.5 Å². The van der Waals surface area contributed by atoms with Crippen molar-refractivity contribution in [1.29, 1.82) is 0 Å². The summed E-state index contributed by atoms with van der Waals surface area (Å²) in [5.74, 6) is 2.29. The third-order valence-corrected chi connectivity index (χ3v) is 7.36. The van der Waals surface area contributed by atoms with Gasteiger partial charge in [0.05, 0.1) is 6.04 Å². The van der Waals surface area contributed by atoms with E-state index in [2.05, 4.69) is 56.3 Å². The van der Waals surface area contributed by atoms with Gasteiger partial charge in [0.2, 0.25) is 0 Å². The van der Waals surface area contributed by atoms with E-state index in [1.807, 2.05) is 18.4 Å². The van der Waals surface area contributed by atoms with Gasteiger partial charge >= 0.3 is 0 Å². The lowest BCUT2D eigenvalue weighted by molar-refractivity contribution is 0.246. The van der Waals surface area contributed by atoms with Crippen LogP contribution in [0.3, 0.4) is 0 Å². The van der Waals surface area contributed by atoms with Crippen LogP contribution < -0.4 is 5.32 Å². The lowest BCUT2D eigenvalue weighted by Crippen LogP contribution is -2.49. The minimum atomic E-state index is 0.477. The molecule has 0 aromatic carbocycles. The minimum Gasteiger partial charge on any atom is -0.354 e. The molecular formula is C18H30N4S2. The van der Waals surface area contributed by atoms with Gasteiger partial charge in [-0.1, -0.05) is 13.0 Å². The highest BCUT2D eigenvalue weighted by Gasteiger charge is 2.26. The molecule has 2 aliphatic heterocycles. The molecule has 2 atom stereocenters. The Morgan fingerprint density at radius 3 is 2.88 bits per heavy atom. The van der Waals surface area contributed by atoms with E-state index in [1.165, 1.54) is 43.0 Å². The summed E-state index contributed by atoms with van der Waals surface area (Å²) in [6.07, 6.45) is 3.90. The van der Waals surface area contributed by atoms with Crippen molar-refractivity contribution in [2.24, 2.45) is 4.99 Å². The number of hydrogen-bond donors (Lipinski definition) is 1. The summed E-state index contributed by atoms with van der Waals surface area (Å²) in [5, 5.41) is 6.62. The molecule has 1 N–H and O–H groups in total. The molecule has 0 saturated carbocycles. The van der Waals surface area contributed by atoms with Gasteiger partial charge in [0.15, 0.2) is 5.96 Å². The Balaban J connectivity index is 1.62. The Morgan fingerprint density at radius 1 is 1.38 bits per heavy atom.